The summed E-state index contributed by atoms with van der Waals surface area (Å²) in [6.07, 6.45) is -1.58. The van der Waals surface area contributed by atoms with Crippen LogP contribution < -0.4 is 5.32 Å². The van der Waals surface area contributed by atoms with E-state index in [0.717, 1.165) is 0 Å². The van der Waals surface area contributed by atoms with E-state index < -0.39 is 37.3 Å². The quantitative estimate of drug-likeness (QED) is 0.501. The van der Waals surface area contributed by atoms with Gasteiger partial charge in [0.2, 0.25) is 5.91 Å². The number of alkyl carbamates (subject to hydrolysis) is 1. The molecule has 0 aromatic carbocycles. The molecule has 0 aliphatic carbocycles. The van der Waals surface area contributed by atoms with Crippen LogP contribution in [-0.2, 0) is 27.9 Å². The Kier molecular flexibility index (Phi) is 10.9. The number of nitrogens with zero attached hydrogens (tertiary/aromatic N) is 2. The Labute approximate surface area is 190 Å². The van der Waals surface area contributed by atoms with Crippen molar-refractivity contribution in [3.63, 3.8) is 0 Å². The van der Waals surface area contributed by atoms with Crippen molar-refractivity contribution in [2.45, 2.75) is 66.2 Å². The minimum atomic E-state index is -3.64. The Bertz CT molecular complexity index is 687. The number of nitrogens with one attached hydrogen (secondary N) is 1. The zero-order valence-electron chi connectivity index (χ0n) is 20.2. The molecular formula is C20H38N3O8P. The van der Waals surface area contributed by atoms with Gasteiger partial charge in [-0.1, -0.05) is 0 Å². The summed E-state index contributed by atoms with van der Waals surface area (Å²) in [5.74, 6) is -0.453. The molecule has 0 spiro atoms. The minimum absolute atomic E-state index is 0.125. The predicted molar refractivity (Wildman–Crippen MR) is 119 cm³/mol. The first-order valence-corrected chi connectivity index (χ1v) is 12.7. The second kappa shape index (κ2) is 12.4. The van der Waals surface area contributed by atoms with Gasteiger partial charge in [-0.2, -0.15) is 0 Å². The van der Waals surface area contributed by atoms with E-state index in [1.54, 1.807) is 53.4 Å². The first-order chi connectivity index (χ1) is 14.9. The van der Waals surface area contributed by atoms with Crippen molar-refractivity contribution in [3.05, 3.63) is 0 Å². The Morgan fingerprint density at radius 1 is 1.06 bits per heavy atom. The fraction of sp³-hybridized carbons (Fsp3) is 0.850. The summed E-state index contributed by atoms with van der Waals surface area (Å²) in [6.45, 7) is 13.2. The number of carbonyl (C=O) groups excluding carboxylic acids is 3. The number of hydrogen-bond acceptors (Lipinski definition) is 8. The van der Waals surface area contributed by atoms with Crippen LogP contribution in [0.4, 0.5) is 9.59 Å². The first-order valence-electron chi connectivity index (χ1n) is 11.0. The molecule has 1 N–H and O–H groups in total. The zero-order chi connectivity index (χ0) is 24.5. The van der Waals surface area contributed by atoms with Gasteiger partial charge in [0.15, 0.2) is 0 Å². The summed E-state index contributed by atoms with van der Waals surface area (Å²) in [6, 6.07) is -1.48. The Hall–Kier alpha value is -1.84. The van der Waals surface area contributed by atoms with Gasteiger partial charge in [-0.15, -0.1) is 0 Å². The second-order valence-electron chi connectivity index (χ2n) is 8.35. The molecule has 2 atom stereocenters. The number of ether oxygens (including phenoxy) is 2. The van der Waals surface area contributed by atoms with Gasteiger partial charge in [-0.05, 0) is 48.5 Å². The summed E-state index contributed by atoms with van der Waals surface area (Å²) < 4.78 is 34.0. The van der Waals surface area contributed by atoms with Gasteiger partial charge in [-0.3, -0.25) is 9.36 Å². The minimum Gasteiger partial charge on any atom is -0.450 e. The van der Waals surface area contributed by atoms with Gasteiger partial charge >= 0.3 is 19.8 Å². The van der Waals surface area contributed by atoms with Crippen LogP contribution in [0.1, 0.15) is 48.5 Å². The lowest BCUT2D eigenvalue weighted by atomic mass is 10.1. The fourth-order valence-corrected chi connectivity index (χ4v) is 5.02. The van der Waals surface area contributed by atoms with Crippen LogP contribution in [0.2, 0.25) is 0 Å². The maximum Gasteiger partial charge on any atom is 0.410 e. The van der Waals surface area contributed by atoms with Crippen LogP contribution in [0, 0.1) is 0 Å². The van der Waals surface area contributed by atoms with E-state index in [1.165, 1.54) is 4.90 Å². The molecule has 186 valence electrons. The molecule has 32 heavy (non-hydrogen) atoms. The van der Waals surface area contributed by atoms with Gasteiger partial charge < -0.3 is 33.6 Å². The third-order valence-electron chi connectivity index (χ3n) is 4.49. The SMILES string of the molecule is CCOC(=O)N1CCN(C(=O)[C@H](CP(=O)(OCC)OCC)NC(=O)OC(C)(C)C)CC1C. The molecule has 0 bridgehead atoms. The summed E-state index contributed by atoms with van der Waals surface area (Å²) >= 11 is 0. The van der Waals surface area contributed by atoms with E-state index in [9.17, 15) is 18.9 Å². The average molecular weight is 480 g/mol. The Balaban J connectivity index is 3.02. The number of rotatable bonds is 9. The molecule has 0 aromatic rings. The molecule has 1 aliphatic heterocycles. The monoisotopic (exact) mass is 479 g/mol. The van der Waals surface area contributed by atoms with Crippen molar-refractivity contribution in [2.24, 2.45) is 0 Å². The maximum atomic E-state index is 13.3. The van der Waals surface area contributed by atoms with Gasteiger partial charge in [0.25, 0.3) is 0 Å². The molecule has 1 saturated heterocycles. The highest BCUT2D eigenvalue weighted by Crippen LogP contribution is 2.48. The molecule has 3 amide bonds. The summed E-state index contributed by atoms with van der Waals surface area (Å²) in [4.78, 5) is 40.9. The van der Waals surface area contributed by atoms with Gasteiger partial charge in [0.05, 0.1) is 26.0 Å². The maximum absolute atomic E-state index is 13.3. The van der Waals surface area contributed by atoms with Gasteiger partial charge in [-0.25, -0.2) is 9.59 Å². The first kappa shape index (κ1) is 28.2. The molecule has 1 heterocycles. The standard InChI is InChI=1S/C20H38N3O8P/c1-8-28-19(26)23-12-11-22(13-15(23)4)17(24)16(21-18(25)31-20(5,6)7)14-32(27,29-9-2)30-10-3/h15-16H,8-14H2,1-7H3,(H,21,25)/t15?,16-/m0/s1. The molecule has 0 aromatic heterocycles. The van der Waals surface area contributed by atoms with Crippen molar-refractivity contribution in [1.29, 1.82) is 0 Å². The lowest BCUT2D eigenvalue weighted by molar-refractivity contribution is -0.135. The topological polar surface area (TPSA) is 124 Å². The molecule has 1 rings (SSSR count). The number of carbonyl (C=O) groups is 3. The van der Waals surface area contributed by atoms with E-state index in [2.05, 4.69) is 5.32 Å². The van der Waals surface area contributed by atoms with Crippen LogP contribution in [-0.4, -0.2) is 91.2 Å². The van der Waals surface area contributed by atoms with E-state index >= 15 is 0 Å². The van der Waals surface area contributed by atoms with E-state index in [-0.39, 0.29) is 51.7 Å². The number of piperazine rings is 1. The lowest BCUT2D eigenvalue weighted by Crippen LogP contribution is -2.59. The van der Waals surface area contributed by atoms with E-state index in [0.29, 0.717) is 0 Å². The molecule has 11 nitrogen and oxygen atoms in total. The summed E-state index contributed by atoms with van der Waals surface area (Å²) in [5.41, 5.74) is -0.777. The molecule has 0 saturated carbocycles. The molecule has 1 fully saturated rings. The van der Waals surface area contributed by atoms with Crippen molar-refractivity contribution < 1.29 is 37.5 Å². The van der Waals surface area contributed by atoms with Crippen molar-refractivity contribution in [1.82, 2.24) is 15.1 Å². The Morgan fingerprint density at radius 2 is 1.66 bits per heavy atom. The average Bonchev–Trinajstić information content (AvgIpc) is 2.65. The van der Waals surface area contributed by atoms with Crippen LogP contribution in [0.3, 0.4) is 0 Å². The normalized spacial score (nSPS) is 18.2. The Morgan fingerprint density at radius 3 is 2.12 bits per heavy atom. The highest BCUT2D eigenvalue weighted by molar-refractivity contribution is 7.54. The van der Waals surface area contributed by atoms with Crippen LogP contribution in [0.15, 0.2) is 0 Å². The summed E-state index contributed by atoms with van der Waals surface area (Å²) in [5, 5.41) is 2.52. The fourth-order valence-electron chi connectivity index (χ4n) is 3.25. The number of amides is 3. The predicted octanol–water partition coefficient (Wildman–Crippen LogP) is 2.84. The molecule has 1 unspecified atom stereocenters. The van der Waals surface area contributed by atoms with E-state index in [1.807, 2.05) is 0 Å². The highest BCUT2D eigenvalue weighted by Gasteiger charge is 2.39. The second-order valence-corrected chi connectivity index (χ2v) is 10.5. The van der Waals surface area contributed by atoms with Gasteiger partial charge in [0.1, 0.15) is 11.6 Å². The molecular weight excluding hydrogens is 441 g/mol. The van der Waals surface area contributed by atoms with Crippen molar-refractivity contribution in [2.75, 3.05) is 45.6 Å². The summed E-state index contributed by atoms with van der Waals surface area (Å²) in [7, 11) is -3.64. The molecule has 12 heteroatoms. The third-order valence-corrected chi connectivity index (χ3v) is 6.60. The molecule has 0 radical (unpaired) electrons. The third kappa shape index (κ3) is 8.96. The highest BCUT2D eigenvalue weighted by atomic mass is 31.2. The van der Waals surface area contributed by atoms with Crippen LogP contribution in [0.25, 0.3) is 0 Å². The lowest BCUT2D eigenvalue weighted by Gasteiger charge is -2.40. The van der Waals surface area contributed by atoms with E-state index in [4.69, 9.17) is 18.5 Å². The van der Waals surface area contributed by atoms with Crippen molar-refractivity contribution >= 4 is 25.7 Å². The largest absolute Gasteiger partial charge is 0.450 e. The zero-order valence-corrected chi connectivity index (χ0v) is 21.1. The number of hydrogen-bond donors (Lipinski definition) is 1. The van der Waals surface area contributed by atoms with Gasteiger partial charge in [0, 0.05) is 25.7 Å². The van der Waals surface area contributed by atoms with Crippen molar-refractivity contribution in [3.8, 4) is 0 Å². The molecule has 1 aliphatic rings. The smallest absolute Gasteiger partial charge is 0.410 e. The van der Waals surface area contributed by atoms with Crippen LogP contribution >= 0.6 is 7.60 Å². The van der Waals surface area contributed by atoms with Crippen LogP contribution in [0.5, 0.6) is 0 Å².